The van der Waals surface area contributed by atoms with Gasteiger partial charge in [-0.15, -0.1) is 0 Å². The zero-order valence-corrected chi connectivity index (χ0v) is 29.7. The van der Waals surface area contributed by atoms with Gasteiger partial charge in [-0.25, -0.2) is 0 Å². The first kappa shape index (κ1) is 42.4. The lowest BCUT2D eigenvalue weighted by molar-refractivity contribution is -0.148. The fourth-order valence-electron chi connectivity index (χ4n) is 5.34. The number of esters is 2. The molecule has 0 aliphatic heterocycles. The Kier molecular flexibility index (Phi) is 34.6. The predicted molar refractivity (Wildman–Crippen MR) is 190 cm³/mol. The first-order valence-corrected chi connectivity index (χ1v) is 19.2. The first-order valence-electron chi connectivity index (χ1n) is 19.2. The molecule has 0 aromatic rings. The van der Waals surface area contributed by atoms with Gasteiger partial charge in [0.15, 0.2) is 0 Å². The van der Waals surface area contributed by atoms with E-state index in [1.807, 2.05) is 6.92 Å². The highest BCUT2D eigenvalue weighted by atomic mass is 16.5. The van der Waals surface area contributed by atoms with Gasteiger partial charge < -0.3 is 9.47 Å². The van der Waals surface area contributed by atoms with E-state index in [-0.39, 0.29) is 17.9 Å². The third kappa shape index (κ3) is 34.9. The van der Waals surface area contributed by atoms with E-state index < -0.39 is 0 Å². The van der Waals surface area contributed by atoms with E-state index in [2.05, 4.69) is 38.2 Å². The van der Waals surface area contributed by atoms with E-state index >= 15 is 0 Å². The van der Waals surface area contributed by atoms with Gasteiger partial charge in [0.1, 0.15) is 0 Å². The summed E-state index contributed by atoms with van der Waals surface area (Å²) in [6.07, 6.45) is 42.9. The Labute approximate surface area is 274 Å². The summed E-state index contributed by atoms with van der Waals surface area (Å²) in [4.78, 5) is 24.1. The highest BCUT2D eigenvalue weighted by Gasteiger charge is 2.10. The zero-order chi connectivity index (χ0) is 32.2. The molecule has 258 valence electrons. The lowest BCUT2D eigenvalue weighted by Gasteiger charge is -2.13. The van der Waals surface area contributed by atoms with Crippen LogP contribution < -0.4 is 0 Å². The molecule has 0 bridgehead atoms. The molecule has 0 saturated carbocycles. The molecule has 0 unspecified atom stereocenters. The molecule has 0 aliphatic carbocycles. The van der Waals surface area contributed by atoms with Crippen molar-refractivity contribution in [1.29, 1.82) is 0 Å². The molecule has 0 aromatic heterocycles. The predicted octanol–water partition coefficient (Wildman–Crippen LogP) is 12.8. The van der Waals surface area contributed by atoms with Crippen LogP contribution in [-0.4, -0.2) is 25.2 Å². The van der Waals surface area contributed by atoms with Crippen LogP contribution in [0.2, 0.25) is 0 Å². The van der Waals surface area contributed by atoms with Crippen LogP contribution in [0.1, 0.15) is 201 Å². The molecule has 0 aliphatic rings. The summed E-state index contributed by atoms with van der Waals surface area (Å²) in [6, 6.07) is 0. The summed E-state index contributed by atoms with van der Waals surface area (Å²) in [6.45, 7) is 7.14. The second-order valence-electron chi connectivity index (χ2n) is 13.1. The number of hydrogen-bond donors (Lipinski definition) is 0. The van der Waals surface area contributed by atoms with Gasteiger partial charge in [0.2, 0.25) is 0 Å². The lowest BCUT2D eigenvalue weighted by Crippen LogP contribution is -2.18. The van der Waals surface area contributed by atoms with Crippen LogP contribution in [0.3, 0.4) is 0 Å². The molecule has 0 atom stereocenters. The third-order valence-corrected chi connectivity index (χ3v) is 8.34. The van der Waals surface area contributed by atoms with Gasteiger partial charge in [-0.05, 0) is 64.2 Å². The Morgan fingerprint density at radius 1 is 0.432 bits per heavy atom. The van der Waals surface area contributed by atoms with Crippen LogP contribution in [0, 0.1) is 5.92 Å². The van der Waals surface area contributed by atoms with Crippen molar-refractivity contribution in [3.05, 3.63) is 24.3 Å². The quantitative estimate of drug-likeness (QED) is 0.0409. The number of carbonyl (C=O) groups excluding carboxylic acids is 2. The van der Waals surface area contributed by atoms with Gasteiger partial charge in [0, 0.05) is 18.8 Å². The maximum absolute atomic E-state index is 12.0. The maximum atomic E-state index is 12.0. The van der Waals surface area contributed by atoms with Crippen LogP contribution >= 0.6 is 0 Å². The summed E-state index contributed by atoms with van der Waals surface area (Å²) in [7, 11) is 0. The number of ether oxygens (including phenoxy) is 2. The van der Waals surface area contributed by atoms with Crippen LogP contribution in [0.25, 0.3) is 0 Å². The molecule has 0 radical (unpaired) electrons. The maximum Gasteiger partial charge on any atom is 0.305 e. The van der Waals surface area contributed by atoms with E-state index in [1.54, 1.807) is 0 Å². The van der Waals surface area contributed by atoms with Crippen molar-refractivity contribution >= 4 is 11.9 Å². The second-order valence-corrected chi connectivity index (χ2v) is 13.1. The van der Waals surface area contributed by atoms with Crippen molar-refractivity contribution in [2.75, 3.05) is 13.2 Å². The number of allylic oxidation sites excluding steroid dienone is 4. The molecule has 4 heteroatoms. The fraction of sp³-hybridized carbons (Fsp3) is 0.850. The zero-order valence-electron chi connectivity index (χ0n) is 29.7. The van der Waals surface area contributed by atoms with Crippen molar-refractivity contribution in [3.63, 3.8) is 0 Å². The summed E-state index contributed by atoms with van der Waals surface area (Å²) >= 11 is 0. The van der Waals surface area contributed by atoms with Gasteiger partial charge in [0.05, 0.1) is 13.2 Å². The van der Waals surface area contributed by atoms with Gasteiger partial charge in [0.25, 0.3) is 0 Å². The summed E-state index contributed by atoms with van der Waals surface area (Å²) in [5.74, 6) is -0.227. The third-order valence-electron chi connectivity index (χ3n) is 8.34. The monoisotopic (exact) mass is 619 g/mol. The highest BCUT2D eigenvalue weighted by Crippen LogP contribution is 2.12. The number of hydrogen-bond acceptors (Lipinski definition) is 4. The minimum Gasteiger partial charge on any atom is -0.465 e. The molecule has 0 spiro atoms. The van der Waals surface area contributed by atoms with E-state index in [0.29, 0.717) is 26.1 Å². The Morgan fingerprint density at radius 2 is 0.705 bits per heavy atom. The van der Waals surface area contributed by atoms with Crippen LogP contribution in [0.15, 0.2) is 24.3 Å². The van der Waals surface area contributed by atoms with Crippen molar-refractivity contribution in [1.82, 2.24) is 0 Å². The van der Waals surface area contributed by atoms with Gasteiger partial charge in [-0.3, -0.25) is 9.59 Å². The highest BCUT2D eigenvalue weighted by molar-refractivity contribution is 5.69. The molecule has 0 saturated heterocycles. The molecule has 44 heavy (non-hydrogen) atoms. The van der Waals surface area contributed by atoms with Crippen molar-refractivity contribution in [3.8, 4) is 0 Å². The Hall–Kier alpha value is -1.58. The van der Waals surface area contributed by atoms with Crippen LogP contribution in [-0.2, 0) is 19.1 Å². The summed E-state index contributed by atoms with van der Waals surface area (Å²) in [5, 5.41) is 0. The first-order chi connectivity index (χ1) is 21.6. The molecule has 0 fully saturated rings. The molecule has 0 amide bonds. The Bertz CT molecular complexity index is 612. The largest absolute Gasteiger partial charge is 0.465 e. The molecule has 0 heterocycles. The van der Waals surface area contributed by atoms with Gasteiger partial charge in [-0.1, -0.05) is 148 Å². The van der Waals surface area contributed by atoms with Crippen molar-refractivity contribution in [2.45, 2.75) is 201 Å². The standard InChI is InChI=1S/C40H74O4/c1-4-6-8-10-12-14-16-18-20-22-24-26-28-30-32-34-39(41)43-36-38(3)37-44-40(42)35-33-31-29-27-25-23-21-19-17-15-13-11-9-7-5-2/h18-21,38H,4-17,22-37H2,1-3H3/b20-18-,21-19-. The fourth-order valence-corrected chi connectivity index (χ4v) is 5.34. The minimum absolute atomic E-state index is 0.0334. The van der Waals surface area contributed by atoms with Crippen LogP contribution in [0.4, 0.5) is 0 Å². The Morgan fingerprint density at radius 3 is 1.02 bits per heavy atom. The van der Waals surface area contributed by atoms with E-state index in [0.717, 1.165) is 25.7 Å². The minimum atomic E-state index is -0.130. The smallest absolute Gasteiger partial charge is 0.305 e. The molecule has 4 nitrogen and oxygen atoms in total. The number of rotatable bonds is 34. The van der Waals surface area contributed by atoms with Gasteiger partial charge in [-0.2, -0.15) is 0 Å². The summed E-state index contributed by atoms with van der Waals surface area (Å²) < 4.78 is 10.8. The second kappa shape index (κ2) is 35.9. The molecular weight excluding hydrogens is 544 g/mol. The average Bonchev–Trinajstić information content (AvgIpc) is 3.02. The molecule has 0 rings (SSSR count). The van der Waals surface area contributed by atoms with Crippen LogP contribution in [0.5, 0.6) is 0 Å². The molecular formula is C40H74O4. The average molecular weight is 619 g/mol. The van der Waals surface area contributed by atoms with Crippen molar-refractivity contribution in [2.24, 2.45) is 5.92 Å². The topological polar surface area (TPSA) is 52.6 Å². The summed E-state index contributed by atoms with van der Waals surface area (Å²) in [5.41, 5.74) is 0. The SMILES string of the molecule is CCCCCCCC/C=C\CCCCCCCC(=O)OCC(C)COC(=O)CCCCCCC/C=C\CCCCCCCC. The molecule has 0 aromatic carbocycles. The normalized spacial score (nSPS) is 11.7. The number of unbranched alkanes of at least 4 members (excludes halogenated alkanes) is 22. The van der Waals surface area contributed by atoms with E-state index in [1.165, 1.54) is 141 Å². The number of carbonyl (C=O) groups is 2. The van der Waals surface area contributed by atoms with Crippen molar-refractivity contribution < 1.29 is 19.1 Å². The molecule has 0 N–H and O–H groups in total. The lowest BCUT2D eigenvalue weighted by atomic mass is 10.1. The van der Waals surface area contributed by atoms with E-state index in [9.17, 15) is 9.59 Å². The van der Waals surface area contributed by atoms with Gasteiger partial charge >= 0.3 is 11.9 Å². The Balaban J connectivity index is 3.45. The van der Waals surface area contributed by atoms with E-state index in [4.69, 9.17) is 9.47 Å².